The molecule has 0 N–H and O–H groups in total. The third kappa shape index (κ3) is 5.28. The Morgan fingerprint density at radius 3 is 2.32 bits per heavy atom. The molecule has 0 aliphatic carbocycles. The van der Waals surface area contributed by atoms with Crippen LogP contribution in [0.15, 0.2) is 36.4 Å². The number of hydrogen-bond donors (Lipinski definition) is 0. The summed E-state index contributed by atoms with van der Waals surface area (Å²) in [4.78, 5) is 35.4. The molecule has 0 radical (unpaired) electrons. The first-order valence-corrected chi connectivity index (χ1v) is 7.52. The summed E-state index contributed by atoms with van der Waals surface area (Å²) in [6.45, 7) is 5.54. The summed E-state index contributed by atoms with van der Waals surface area (Å²) >= 11 is 0. The van der Waals surface area contributed by atoms with E-state index in [0.29, 0.717) is 18.5 Å². The quantitative estimate of drug-likeness (QED) is 0.547. The lowest BCUT2D eigenvalue weighted by atomic mass is 10.0. The van der Waals surface area contributed by atoms with Gasteiger partial charge in [-0.3, -0.25) is 14.4 Å². The topological polar surface area (TPSA) is 54.5 Å². The van der Waals surface area contributed by atoms with Crippen LogP contribution in [0.5, 0.6) is 0 Å². The zero-order chi connectivity index (χ0) is 16.5. The van der Waals surface area contributed by atoms with Crippen molar-refractivity contribution in [1.29, 1.82) is 0 Å². The normalized spacial score (nSPS) is 10.9. The van der Waals surface area contributed by atoms with E-state index < -0.39 is 0 Å². The van der Waals surface area contributed by atoms with Crippen LogP contribution in [0, 0.1) is 5.92 Å². The van der Waals surface area contributed by atoms with Crippen LogP contribution in [0.2, 0.25) is 0 Å². The standard InChI is InChI=1S/C18H23NO3/c1-4-6-18(22)19(13-20)16-11-9-15(10-12-16)7-5-8-17(21)14(2)3/h4,6,9-14H,5,7-8H2,1-3H3/b6-4-. The van der Waals surface area contributed by atoms with Crippen LogP contribution in [-0.4, -0.2) is 18.1 Å². The molecule has 1 aromatic carbocycles. The van der Waals surface area contributed by atoms with Gasteiger partial charge >= 0.3 is 0 Å². The Bertz CT molecular complexity index is 544. The monoisotopic (exact) mass is 301 g/mol. The van der Waals surface area contributed by atoms with Crippen LogP contribution >= 0.6 is 0 Å². The molecule has 0 fully saturated rings. The lowest BCUT2D eigenvalue weighted by Gasteiger charge is -2.14. The van der Waals surface area contributed by atoms with Crippen LogP contribution in [0.25, 0.3) is 0 Å². The number of allylic oxidation sites excluding steroid dienone is 1. The maximum atomic E-state index is 11.7. The largest absolute Gasteiger partial charge is 0.299 e. The molecule has 1 rings (SSSR count). The first-order chi connectivity index (χ1) is 10.5. The van der Waals surface area contributed by atoms with E-state index in [1.165, 1.54) is 6.08 Å². The van der Waals surface area contributed by atoms with Gasteiger partial charge in [0.05, 0.1) is 5.69 Å². The molecule has 0 bridgehead atoms. The molecule has 1 aromatic rings. The number of aryl methyl sites for hydroxylation is 1. The lowest BCUT2D eigenvalue weighted by molar-refractivity contribution is -0.122. The minimum Gasteiger partial charge on any atom is -0.299 e. The molecule has 0 aromatic heterocycles. The molecule has 0 heterocycles. The van der Waals surface area contributed by atoms with E-state index in [-0.39, 0.29) is 17.6 Å². The van der Waals surface area contributed by atoms with Crippen LogP contribution in [-0.2, 0) is 20.8 Å². The van der Waals surface area contributed by atoms with Crippen molar-refractivity contribution in [3.8, 4) is 0 Å². The van der Waals surface area contributed by atoms with E-state index in [2.05, 4.69) is 0 Å². The fourth-order valence-electron chi connectivity index (χ4n) is 2.04. The predicted molar refractivity (Wildman–Crippen MR) is 87.6 cm³/mol. The van der Waals surface area contributed by atoms with Crippen LogP contribution < -0.4 is 4.90 Å². The number of anilines is 1. The Hall–Kier alpha value is -2.23. The van der Waals surface area contributed by atoms with E-state index in [1.807, 2.05) is 26.0 Å². The number of imide groups is 1. The predicted octanol–water partition coefficient (Wildman–Crippen LogP) is 3.30. The Morgan fingerprint density at radius 2 is 1.82 bits per heavy atom. The number of Topliss-reactive ketones (excluding diaryl/α,β-unsaturated/α-hetero) is 1. The van der Waals surface area contributed by atoms with Crippen molar-refractivity contribution in [2.45, 2.75) is 40.0 Å². The Morgan fingerprint density at radius 1 is 1.18 bits per heavy atom. The molecule has 0 spiro atoms. The van der Waals surface area contributed by atoms with Gasteiger partial charge < -0.3 is 0 Å². The molecule has 22 heavy (non-hydrogen) atoms. The number of nitrogens with zero attached hydrogens (tertiary/aromatic N) is 1. The fraction of sp³-hybridized carbons (Fsp3) is 0.389. The van der Waals surface area contributed by atoms with E-state index >= 15 is 0 Å². The summed E-state index contributed by atoms with van der Waals surface area (Å²) in [6, 6.07) is 7.26. The zero-order valence-electron chi connectivity index (χ0n) is 13.4. The summed E-state index contributed by atoms with van der Waals surface area (Å²) in [5, 5.41) is 0. The highest BCUT2D eigenvalue weighted by molar-refractivity contribution is 6.12. The second kappa shape index (κ2) is 8.93. The smallest absolute Gasteiger partial charge is 0.257 e. The second-order valence-electron chi connectivity index (χ2n) is 5.45. The Balaban J connectivity index is 2.64. The van der Waals surface area contributed by atoms with Crippen molar-refractivity contribution in [1.82, 2.24) is 0 Å². The van der Waals surface area contributed by atoms with E-state index in [0.717, 1.165) is 23.3 Å². The maximum Gasteiger partial charge on any atom is 0.257 e. The zero-order valence-corrected chi connectivity index (χ0v) is 13.4. The minimum atomic E-state index is -0.368. The van der Waals surface area contributed by atoms with Crippen LogP contribution in [0.1, 0.15) is 39.2 Å². The molecular formula is C18H23NO3. The molecule has 0 unspecified atom stereocenters. The van der Waals surface area contributed by atoms with E-state index in [1.54, 1.807) is 25.1 Å². The first kappa shape index (κ1) is 17.8. The maximum absolute atomic E-state index is 11.7. The molecule has 118 valence electrons. The first-order valence-electron chi connectivity index (χ1n) is 7.52. The molecule has 0 saturated heterocycles. The van der Waals surface area contributed by atoms with Gasteiger partial charge in [-0.2, -0.15) is 0 Å². The number of rotatable bonds is 8. The van der Waals surface area contributed by atoms with Gasteiger partial charge in [-0.05, 0) is 43.5 Å². The van der Waals surface area contributed by atoms with Crippen molar-refractivity contribution in [2.75, 3.05) is 4.90 Å². The highest BCUT2D eigenvalue weighted by Crippen LogP contribution is 2.16. The molecule has 0 aliphatic rings. The highest BCUT2D eigenvalue weighted by atomic mass is 16.2. The average molecular weight is 301 g/mol. The van der Waals surface area contributed by atoms with Crippen molar-refractivity contribution in [2.24, 2.45) is 5.92 Å². The Labute approximate surface area is 131 Å². The summed E-state index contributed by atoms with van der Waals surface area (Å²) in [5.41, 5.74) is 1.63. The van der Waals surface area contributed by atoms with Gasteiger partial charge in [-0.25, -0.2) is 4.90 Å². The van der Waals surface area contributed by atoms with Gasteiger partial charge in [-0.1, -0.05) is 32.1 Å². The summed E-state index contributed by atoms with van der Waals surface area (Å²) in [6.07, 6.45) is 5.66. The van der Waals surface area contributed by atoms with Gasteiger partial charge in [0.25, 0.3) is 5.91 Å². The minimum absolute atomic E-state index is 0.0844. The number of amides is 2. The van der Waals surface area contributed by atoms with Gasteiger partial charge in [-0.15, -0.1) is 0 Å². The Kier molecular flexibility index (Phi) is 7.23. The number of hydrogen-bond acceptors (Lipinski definition) is 3. The van der Waals surface area contributed by atoms with Gasteiger partial charge in [0.2, 0.25) is 6.41 Å². The van der Waals surface area contributed by atoms with Crippen molar-refractivity contribution >= 4 is 23.8 Å². The SMILES string of the molecule is C/C=C\C(=O)N(C=O)c1ccc(CCCC(=O)C(C)C)cc1. The number of benzene rings is 1. The van der Waals surface area contributed by atoms with Gasteiger partial charge in [0.15, 0.2) is 0 Å². The third-order valence-corrected chi connectivity index (χ3v) is 3.40. The summed E-state index contributed by atoms with van der Waals surface area (Å²) in [7, 11) is 0. The molecule has 4 heteroatoms. The molecular weight excluding hydrogens is 278 g/mol. The van der Waals surface area contributed by atoms with Gasteiger partial charge in [0.1, 0.15) is 5.78 Å². The summed E-state index contributed by atoms with van der Waals surface area (Å²) < 4.78 is 0. The third-order valence-electron chi connectivity index (χ3n) is 3.40. The average Bonchev–Trinajstić information content (AvgIpc) is 2.49. The van der Waals surface area contributed by atoms with Crippen molar-refractivity contribution in [3.63, 3.8) is 0 Å². The van der Waals surface area contributed by atoms with Crippen LogP contribution in [0.3, 0.4) is 0 Å². The van der Waals surface area contributed by atoms with Crippen molar-refractivity contribution < 1.29 is 14.4 Å². The van der Waals surface area contributed by atoms with Gasteiger partial charge in [0, 0.05) is 12.3 Å². The lowest BCUT2D eigenvalue weighted by Crippen LogP contribution is -2.27. The number of ketones is 1. The van der Waals surface area contributed by atoms with Crippen LogP contribution in [0.4, 0.5) is 5.69 Å². The number of carbonyl (C=O) groups is 3. The van der Waals surface area contributed by atoms with Crippen molar-refractivity contribution in [3.05, 3.63) is 42.0 Å². The second-order valence-corrected chi connectivity index (χ2v) is 5.45. The molecule has 2 amide bonds. The van der Waals surface area contributed by atoms with E-state index in [4.69, 9.17) is 0 Å². The molecule has 0 saturated carbocycles. The fourth-order valence-corrected chi connectivity index (χ4v) is 2.04. The summed E-state index contributed by atoms with van der Waals surface area (Å²) in [5.74, 6) is -0.00496. The highest BCUT2D eigenvalue weighted by Gasteiger charge is 2.12. The molecule has 0 atom stereocenters. The number of carbonyl (C=O) groups excluding carboxylic acids is 3. The van der Waals surface area contributed by atoms with E-state index in [9.17, 15) is 14.4 Å². The molecule has 0 aliphatic heterocycles. The molecule has 4 nitrogen and oxygen atoms in total.